The maximum atomic E-state index is 14.5. The lowest BCUT2D eigenvalue weighted by Crippen LogP contribution is -2.40. The van der Waals surface area contributed by atoms with Crippen molar-refractivity contribution in [2.24, 2.45) is 4.99 Å². The van der Waals surface area contributed by atoms with E-state index in [1.165, 1.54) is 16.9 Å². The van der Waals surface area contributed by atoms with Crippen LogP contribution in [0.25, 0.3) is 11.8 Å². The molecule has 0 radical (unpaired) electrons. The van der Waals surface area contributed by atoms with Crippen molar-refractivity contribution in [3.63, 3.8) is 0 Å². The Bertz CT molecular complexity index is 2190. The van der Waals surface area contributed by atoms with Crippen LogP contribution < -0.4 is 19.6 Å². The molecule has 0 aliphatic carbocycles. The molecule has 0 fully saturated rings. The summed E-state index contributed by atoms with van der Waals surface area (Å²) < 4.78 is 17.1. The van der Waals surface area contributed by atoms with Gasteiger partial charge in [0, 0.05) is 19.2 Å². The predicted molar refractivity (Wildman–Crippen MR) is 212 cm³/mol. The van der Waals surface area contributed by atoms with Crippen molar-refractivity contribution >= 4 is 90.2 Å². The van der Waals surface area contributed by atoms with Gasteiger partial charge in [-0.2, -0.15) is 0 Å². The Kier molecular flexibility index (Phi) is 11.0. The van der Waals surface area contributed by atoms with Crippen LogP contribution in [-0.2, 0) is 16.1 Å². The van der Waals surface area contributed by atoms with Gasteiger partial charge in [-0.05, 0) is 105 Å². The van der Waals surface area contributed by atoms with Gasteiger partial charge >= 0.3 is 5.97 Å². The molecule has 0 amide bonds. The van der Waals surface area contributed by atoms with E-state index in [0.717, 1.165) is 33.9 Å². The van der Waals surface area contributed by atoms with Crippen LogP contribution in [0.15, 0.2) is 111 Å². The number of ether oxygens (including phenoxy) is 2. The summed E-state index contributed by atoms with van der Waals surface area (Å²) in [5.41, 5.74) is 5.17. The fourth-order valence-corrected chi connectivity index (χ4v) is 8.84. The van der Waals surface area contributed by atoms with Crippen LogP contribution in [0.3, 0.4) is 0 Å². The number of hydrogen-bond acceptors (Lipinski definition) is 6. The molecule has 244 valence electrons. The molecule has 1 aliphatic rings. The topological polar surface area (TPSA) is 69.9 Å². The van der Waals surface area contributed by atoms with Gasteiger partial charge in [0.15, 0.2) is 4.80 Å². The second-order valence-electron chi connectivity index (χ2n) is 11.5. The van der Waals surface area contributed by atoms with Gasteiger partial charge in [0.25, 0.3) is 5.56 Å². The largest absolute Gasteiger partial charge is 0.487 e. The summed E-state index contributed by atoms with van der Waals surface area (Å²) in [4.78, 5) is 33.8. The molecule has 1 aromatic heterocycles. The van der Waals surface area contributed by atoms with E-state index in [0.29, 0.717) is 38.9 Å². The molecule has 0 spiro atoms. The summed E-state index contributed by atoms with van der Waals surface area (Å²) in [6.45, 7) is 6.63. The minimum absolute atomic E-state index is 0.197. The number of esters is 1. The van der Waals surface area contributed by atoms with Gasteiger partial charge in [-0.1, -0.05) is 108 Å². The Morgan fingerprint density at radius 2 is 1.73 bits per heavy atom. The summed E-state index contributed by atoms with van der Waals surface area (Å²) in [5.74, 6) is 0.531. The highest BCUT2D eigenvalue weighted by Crippen LogP contribution is 2.36. The molecule has 0 N–H and O–H groups in total. The highest BCUT2D eigenvalue weighted by molar-refractivity contribution is 14.1. The maximum absolute atomic E-state index is 14.5. The van der Waals surface area contributed by atoms with Gasteiger partial charge in [0.1, 0.15) is 12.4 Å². The zero-order chi connectivity index (χ0) is 33.9. The third kappa shape index (κ3) is 7.41. The molecule has 2 heterocycles. The minimum Gasteiger partial charge on any atom is -0.487 e. The number of carbonyl (C=O) groups is 1. The number of benzene rings is 4. The molecule has 0 saturated heterocycles. The highest BCUT2D eigenvalue weighted by atomic mass is 127. The van der Waals surface area contributed by atoms with Crippen molar-refractivity contribution in [3.05, 3.63) is 156 Å². The fraction of sp³-hybridized carbons (Fsp3) is 0.184. The highest BCUT2D eigenvalue weighted by Gasteiger charge is 2.35. The molecule has 6 rings (SSSR count). The average molecular weight is 945 g/mol. The number of halogens is 3. The first-order valence-corrected chi connectivity index (χ1v) is 19.2. The van der Waals surface area contributed by atoms with Crippen LogP contribution in [0.1, 0.15) is 60.5 Å². The summed E-state index contributed by atoms with van der Waals surface area (Å²) in [6.07, 6.45) is 1.88. The smallest absolute Gasteiger partial charge is 0.338 e. The lowest BCUT2D eigenvalue weighted by molar-refractivity contribution is -0.138. The van der Waals surface area contributed by atoms with Crippen LogP contribution in [0.2, 0.25) is 0 Å². The summed E-state index contributed by atoms with van der Waals surface area (Å²) >= 11 is 9.35. The van der Waals surface area contributed by atoms with Gasteiger partial charge < -0.3 is 9.47 Å². The molecule has 4 aromatic carbocycles. The van der Waals surface area contributed by atoms with Crippen molar-refractivity contribution in [2.45, 2.75) is 39.3 Å². The molecule has 5 aromatic rings. The normalized spacial score (nSPS) is 14.6. The van der Waals surface area contributed by atoms with Gasteiger partial charge in [-0.15, -0.1) is 0 Å². The first-order chi connectivity index (χ1) is 23.1. The van der Waals surface area contributed by atoms with Crippen molar-refractivity contribution in [1.29, 1.82) is 0 Å². The van der Waals surface area contributed by atoms with E-state index >= 15 is 0 Å². The van der Waals surface area contributed by atoms with Gasteiger partial charge in [-0.3, -0.25) is 9.36 Å². The average Bonchev–Trinajstić information content (AvgIpc) is 3.38. The Balaban J connectivity index is 1.55. The van der Waals surface area contributed by atoms with Crippen LogP contribution in [0.4, 0.5) is 0 Å². The molecule has 48 heavy (non-hydrogen) atoms. The third-order valence-electron chi connectivity index (χ3n) is 7.91. The summed E-state index contributed by atoms with van der Waals surface area (Å²) in [6, 6.07) is 29.1. The number of nitrogens with zero attached hydrogens (tertiary/aromatic N) is 2. The van der Waals surface area contributed by atoms with Crippen molar-refractivity contribution in [2.75, 3.05) is 6.61 Å². The van der Waals surface area contributed by atoms with Gasteiger partial charge in [0.2, 0.25) is 0 Å². The molecule has 0 unspecified atom stereocenters. The van der Waals surface area contributed by atoms with Crippen LogP contribution in [0.5, 0.6) is 5.75 Å². The van der Waals surface area contributed by atoms with Gasteiger partial charge in [-0.25, -0.2) is 9.79 Å². The second kappa shape index (κ2) is 15.2. The molecule has 0 bridgehead atoms. The number of fused-ring (bicyclic) bond motifs is 1. The maximum Gasteiger partial charge on any atom is 0.338 e. The molecule has 6 nitrogen and oxygen atoms in total. The SMILES string of the molecule is CCOC(=O)C1=C(c2ccccc2)N=c2s/c(=C\c3cc(I)cc(I)c3OCc3ccc(Br)cc3)c(=O)n2[C@H]1c1ccc(C(C)C)cc1. The zero-order valence-electron chi connectivity index (χ0n) is 26.4. The van der Waals surface area contributed by atoms with E-state index in [4.69, 9.17) is 14.5 Å². The quantitative estimate of drug-likeness (QED) is 0.110. The summed E-state index contributed by atoms with van der Waals surface area (Å²) in [7, 11) is 0. The Labute approximate surface area is 318 Å². The number of aromatic nitrogens is 1. The van der Waals surface area contributed by atoms with Crippen LogP contribution in [0, 0.1) is 7.14 Å². The fourth-order valence-electron chi connectivity index (χ4n) is 5.54. The van der Waals surface area contributed by atoms with Crippen molar-refractivity contribution in [1.82, 2.24) is 4.57 Å². The standard InChI is InChI=1S/C38H31BrI2N2O4S/c1-4-46-37(45)32-33(25-8-6-5-7-9-25)42-38-43(34(32)26-14-12-24(13-15-26)22(2)3)36(44)31(48-38)19-27-18-29(40)20-30(41)35(27)47-21-23-10-16-28(39)17-11-23/h5-20,22,34H,4,21H2,1-3H3/b31-19-/t34-/m0/s1. The summed E-state index contributed by atoms with van der Waals surface area (Å²) in [5, 5.41) is 0. The second-order valence-corrected chi connectivity index (χ2v) is 15.8. The third-order valence-corrected chi connectivity index (χ3v) is 10.8. The number of hydrogen-bond donors (Lipinski definition) is 0. The van der Waals surface area contributed by atoms with Crippen molar-refractivity contribution in [3.8, 4) is 5.75 Å². The van der Waals surface area contributed by atoms with E-state index in [-0.39, 0.29) is 12.2 Å². The molecule has 0 saturated carbocycles. The van der Waals surface area contributed by atoms with Crippen LogP contribution in [-0.4, -0.2) is 17.1 Å². The lowest BCUT2D eigenvalue weighted by Gasteiger charge is -2.26. The monoisotopic (exact) mass is 944 g/mol. The Morgan fingerprint density at radius 3 is 2.40 bits per heavy atom. The number of thiazole rings is 1. The van der Waals surface area contributed by atoms with E-state index in [1.807, 2.05) is 78.9 Å². The van der Waals surface area contributed by atoms with E-state index in [1.54, 1.807) is 11.5 Å². The Morgan fingerprint density at radius 1 is 1.02 bits per heavy atom. The van der Waals surface area contributed by atoms with E-state index in [2.05, 4.69) is 93.2 Å². The van der Waals surface area contributed by atoms with E-state index < -0.39 is 12.0 Å². The Hall–Kier alpha value is -3.07. The van der Waals surface area contributed by atoms with Crippen molar-refractivity contribution < 1.29 is 14.3 Å². The molecular formula is C38H31BrI2N2O4S. The molecule has 1 aliphatic heterocycles. The molecule has 10 heteroatoms. The minimum atomic E-state index is -0.733. The molecular weight excluding hydrogens is 914 g/mol. The predicted octanol–water partition coefficient (Wildman–Crippen LogP) is 8.61. The van der Waals surface area contributed by atoms with E-state index in [9.17, 15) is 9.59 Å². The first kappa shape index (κ1) is 34.8. The number of carbonyl (C=O) groups excluding carboxylic acids is 1. The van der Waals surface area contributed by atoms with Crippen LogP contribution >= 0.6 is 72.4 Å². The first-order valence-electron chi connectivity index (χ1n) is 15.4. The number of rotatable bonds is 9. The van der Waals surface area contributed by atoms with Gasteiger partial charge in [0.05, 0.1) is 32.0 Å². The zero-order valence-corrected chi connectivity index (χ0v) is 33.1. The lowest BCUT2D eigenvalue weighted by atomic mass is 9.91. The molecule has 1 atom stereocenters.